The second-order valence-electron chi connectivity index (χ2n) is 19.3. The third-order valence-corrected chi connectivity index (χ3v) is 15.9. The van der Waals surface area contributed by atoms with Gasteiger partial charge in [0.1, 0.15) is 69.0 Å². The van der Waals surface area contributed by atoms with E-state index in [1.54, 1.807) is 108 Å². The van der Waals surface area contributed by atoms with E-state index in [4.69, 9.17) is 62.8 Å². The Morgan fingerprint density at radius 1 is 0.216 bits per heavy atom. The van der Waals surface area contributed by atoms with E-state index >= 15 is 0 Å². The van der Waals surface area contributed by atoms with Crippen LogP contribution in [0.5, 0.6) is 69.0 Å². The van der Waals surface area contributed by atoms with Gasteiger partial charge in [0.15, 0.2) is 0 Å². The van der Waals surface area contributed by atoms with Crippen LogP contribution in [0, 0.1) is 0 Å². The molecule has 438 valence electrons. The summed E-state index contributed by atoms with van der Waals surface area (Å²) in [5, 5.41) is 0. The van der Waals surface area contributed by atoms with E-state index in [-0.39, 0.29) is 0 Å². The fourth-order valence-electron chi connectivity index (χ4n) is 8.17. The van der Waals surface area contributed by atoms with Gasteiger partial charge in [0, 0.05) is 87.8 Å². The molecule has 0 aliphatic carbocycles. The molecule has 13 nitrogen and oxygen atoms in total. The number of ether oxygens (including phenoxy) is 6. The van der Waals surface area contributed by atoms with E-state index in [9.17, 15) is 4.21 Å². The van der Waals surface area contributed by atoms with Crippen molar-refractivity contribution in [3.63, 3.8) is 0 Å². The lowest BCUT2D eigenvalue weighted by Gasteiger charge is -2.09. The molecule has 0 saturated heterocycles. The summed E-state index contributed by atoms with van der Waals surface area (Å²) >= 11 is 3.35. The van der Waals surface area contributed by atoms with Crippen molar-refractivity contribution in [2.45, 2.75) is 29.4 Å². The number of rotatable bonds is 18. The van der Waals surface area contributed by atoms with E-state index in [0.29, 0.717) is 66.9 Å². The number of hydrogen-bond donors (Lipinski definition) is 6. The lowest BCUT2D eigenvalue weighted by atomic mass is 10.3. The molecule has 16 heteroatoms. The van der Waals surface area contributed by atoms with Crippen molar-refractivity contribution in [2.24, 2.45) is 0 Å². The number of benzene rings is 12. The van der Waals surface area contributed by atoms with Crippen LogP contribution >= 0.6 is 23.5 Å². The van der Waals surface area contributed by atoms with Gasteiger partial charge in [-0.15, -0.1) is 0 Å². The smallest absolute Gasteiger partial charge is 0.129 e. The summed E-state index contributed by atoms with van der Waals surface area (Å²) in [7, 11) is -1.31. The lowest BCUT2D eigenvalue weighted by Crippen LogP contribution is -1.94. The molecule has 0 aromatic heterocycles. The van der Waals surface area contributed by atoms with Gasteiger partial charge in [-0.25, -0.2) is 4.21 Å². The predicted molar refractivity (Wildman–Crippen MR) is 357 cm³/mol. The molecule has 0 aliphatic heterocycles. The Morgan fingerprint density at radius 2 is 0.409 bits per heavy atom. The van der Waals surface area contributed by atoms with Crippen LogP contribution in [-0.4, -0.2) is 4.21 Å². The fourth-order valence-corrected chi connectivity index (χ4v) is 10.8. The van der Waals surface area contributed by atoms with Gasteiger partial charge in [0.05, 0.1) is 10.8 Å². The Hall–Kier alpha value is -10.9. The van der Waals surface area contributed by atoms with Crippen molar-refractivity contribution >= 4 is 68.4 Å². The van der Waals surface area contributed by atoms with E-state index in [1.807, 2.05) is 206 Å². The van der Waals surface area contributed by atoms with Gasteiger partial charge in [-0.05, 0) is 243 Å². The van der Waals surface area contributed by atoms with Crippen LogP contribution in [0.3, 0.4) is 0 Å². The topological polar surface area (TPSA) is 229 Å². The van der Waals surface area contributed by atoms with Gasteiger partial charge in [-0.2, -0.15) is 0 Å². The van der Waals surface area contributed by atoms with Gasteiger partial charge < -0.3 is 62.8 Å². The maximum Gasteiger partial charge on any atom is 0.129 e. The summed E-state index contributed by atoms with van der Waals surface area (Å²) < 4.78 is 47.7. The van der Waals surface area contributed by atoms with Crippen molar-refractivity contribution in [1.29, 1.82) is 0 Å². The van der Waals surface area contributed by atoms with Crippen LogP contribution in [0.15, 0.2) is 321 Å². The first-order valence-electron chi connectivity index (χ1n) is 27.4. The van der Waals surface area contributed by atoms with Gasteiger partial charge in [0.25, 0.3) is 0 Å². The number of hydrogen-bond acceptors (Lipinski definition) is 15. The Bertz CT molecular complexity index is 3930. The Balaban J connectivity index is 0.000000146. The third-order valence-electron chi connectivity index (χ3n) is 12.4. The van der Waals surface area contributed by atoms with Crippen molar-refractivity contribution in [3.8, 4) is 69.0 Å². The number of nitrogens with two attached hydrogens (primary N) is 6. The SMILES string of the molecule is Nc1ccc(Oc2ccc(Sc3ccc(Oc4ccc(N)cc4)cc3)cc2)cc1.Nc1cccc(Oc2ccc(S(=O)c3ccc(Oc4cccc(N)c4)cc3)cc2)c1.Nc1cccc(Oc2ccc(Sc3ccc(Oc4cccc(N)c4)cc3)cc2)c1. The van der Waals surface area contributed by atoms with E-state index in [1.165, 1.54) is 0 Å². The van der Waals surface area contributed by atoms with E-state index < -0.39 is 10.8 Å². The lowest BCUT2D eigenvalue weighted by molar-refractivity contribution is 0.482. The molecule has 0 saturated carbocycles. The molecular weight excluding hydrogens is 1160 g/mol. The average molecular weight is 1220 g/mol. The molecule has 0 bridgehead atoms. The standard InChI is InChI=1S/C24H20N2O3S.2C24H20N2O2S/c25-17-3-1-5-21(15-17)28-19-7-11-23(12-8-19)30(27)24-13-9-20(10-14-24)29-22-6-2-4-18(26)16-22;25-17-1-5-19(6-2-17)27-21-9-13-23(14-10-21)29-24-15-11-22(12-16-24)28-20-7-3-18(26)4-8-20;25-17-3-1-5-21(15-17)27-19-7-11-23(12-8-19)29-24-13-9-20(10-14-24)28-22-6-2-4-18(26)16-22/h1-16H,25-26H2;2*1-16H,25-26H2. The number of anilines is 6. The first kappa shape index (κ1) is 60.2. The van der Waals surface area contributed by atoms with Crippen molar-refractivity contribution < 1.29 is 32.6 Å². The first-order valence-corrected chi connectivity index (χ1v) is 30.2. The maximum absolute atomic E-state index is 12.9. The summed E-state index contributed by atoms with van der Waals surface area (Å²) in [6.45, 7) is 0. The first-order chi connectivity index (χ1) is 42.8. The minimum atomic E-state index is -1.31. The van der Waals surface area contributed by atoms with Gasteiger partial charge in [-0.1, -0.05) is 47.8 Å². The molecule has 0 fully saturated rings. The Labute approximate surface area is 521 Å². The van der Waals surface area contributed by atoms with Crippen LogP contribution in [0.4, 0.5) is 34.1 Å². The molecule has 0 atom stereocenters. The second-order valence-corrected chi connectivity index (χ2v) is 23.1. The van der Waals surface area contributed by atoms with Crippen LogP contribution in [0.2, 0.25) is 0 Å². The highest BCUT2D eigenvalue weighted by Gasteiger charge is 2.11. The Kier molecular flexibility index (Phi) is 20.4. The van der Waals surface area contributed by atoms with Crippen LogP contribution < -0.4 is 62.8 Å². The highest BCUT2D eigenvalue weighted by atomic mass is 32.2. The van der Waals surface area contributed by atoms with Crippen LogP contribution in [0.25, 0.3) is 0 Å². The largest absolute Gasteiger partial charge is 0.457 e. The zero-order valence-corrected chi connectivity index (χ0v) is 49.7. The highest BCUT2D eigenvalue weighted by molar-refractivity contribution is 7.99. The zero-order chi connectivity index (χ0) is 61.0. The normalized spacial score (nSPS) is 10.6. The summed E-state index contributed by atoms with van der Waals surface area (Å²) in [4.78, 5) is 5.85. The molecular formula is C72H60N6O7S3. The van der Waals surface area contributed by atoms with E-state index in [2.05, 4.69) is 0 Å². The Morgan fingerprint density at radius 3 is 0.625 bits per heavy atom. The summed E-state index contributed by atoms with van der Waals surface area (Å²) in [6.07, 6.45) is 0. The molecule has 88 heavy (non-hydrogen) atoms. The van der Waals surface area contributed by atoms with Crippen molar-refractivity contribution in [2.75, 3.05) is 34.4 Å². The fraction of sp³-hybridized carbons (Fsp3) is 0. The van der Waals surface area contributed by atoms with Gasteiger partial charge >= 0.3 is 0 Å². The number of nitrogen functional groups attached to an aromatic ring is 6. The van der Waals surface area contributed by atoms with Crippen LogP contribution in [-0.2, 0) is 10.8 Å². The third kappa shape index (κ3) is 18.5. The molecule has 0 spiro atoms. The summed E-state index contributed by atoms with van der Waals surface area (Å²) in [5.41, 5.74) is 38.5. The molecule has 0 radical (unpaired) electrons. The van der Waals surface area contributed by atoms with Crippen molar-refractivity contribution in [1.82, 2.24) is 0 Å². The highest BCUT2D eigenvalue weighted by Crippen LogP contribution is 2.36. The maximum atomic E-state index is 12.9. The monoisotopic (exact) mass is 1220 g/mol. The second kappa shape index (κ2) is 29.7. The predicted octanol–water partition coefficient (Wildman–Crippen LogP) is 18.8. The molecule has 0 unspecified atom stereocenters. The minimum absolute atomic E-state index is 0.633. The molecule has 0 amide bonds. The molecule has 0 heterocycles. The quantitative estimate of drug-likeness (QED) is 0.0439. The summed E-state index contributed by atoms with van der Waals surface area (Å²) in [5.74, 6) is 8.67. The molecule has 12 rings (SSSR count). The van der Waals surface area contributed by atoms with E-state index in [0.717, 1.165) is 65.6 Å². The van der Waals surface area contributed by atoms with Gasteiger partial charge in [-0.3, -0.25) is 0 Å². The van der Waals surface area contributed by atoms with Gasteiger partial charge in [0.2, 0.25) is 0 Å². The average Bonchev–Trinajstić information content (AvgIpc) is 3.62. The van der Waals surface area contributed by atoms with Crippen LogP contribution in [0.1, 0.15) is 0 Å². The van der Waals surface area contributed by atoms with Crippen molar-refractivity contribution in [3.05, 3.63) is 291 Å². The zero-order valence-electron chi connectivity index (χ0n) is 47.3. The molecule has 12 aromatic carbocycles. The molecule has 0 aliphatic rings. The molecule has 12 N–H and O–H groups in total. The molecule has 12 aromatic rings. The summed E-state index contributed by atoms with van der Waals surface area (Å²) in [6, 6.07) is 90.0. The minimum Gasteiger partial charge on any atom is -0.457 e.